The molecule has 1 aliphatic rings. The summed E-state index contributed by atoms with van der Waals surface area (Å²) in [4.78, 5) is 21.5. The molecular weight excluding hydrogens is 521 g/mol. The zero-order valence-electron chi connectivity index (χ0n) is 18.8. The number of nitrogens with one attached hydrogen (secondary N) is 1. The van der Waals surface area contributed by atoms with Gasteiger partial charge >= 0.3 is 0 Å². The molecule has 4 rings (SSSR count). The topological polar surface area (TPSA) is 109 Å². The van der Waals surface area contributed by atoms with Crippen LogP contribution in [0.2, 0.25) is 10.0 Å². The summed E-state index contributed by atoms with van der Waals surface area (Å²) in [6.45, 7) is 1.77. The van der Waals surface area contributed by atoms with Gasteiger partial charge in [0, 0.05) is 32.4 Å². The number of aromatic nitrogens is 2. The Morgan fingerprint density at radius 3 is 2.43 bits per heavy atom. The van der Waals surface area contributed by atoms with E-state index in [0.29, 0.717) is 33.1 Å². The Morgan fingerprint density at radius 2 is 1.86 bits per heavy atom. The molecule has 0 aliphatic carbocycles. The van der Waals surface area contributed by atoms with Crippen LogP contribution < -0.4 is 10.6 Å². The lowest BCUT2D eigenvalue weighted by Crippen LogP contribution is -2.39. The molecule has 3 aromatic rings. The zero-order valence-corrected chi connectivity index (χ0v) is 21.2. The molecule has 1 atom stereocenters. The molecule has 0 bridgehead atoms. The minimum Gasteiger partial charge on any atom is -0.370 e. The molecule has 1 saturated heterocycles. The summed E-state index contributed by atoms with van der Waals surface area (Å²) < 4.78 is 51.6. The van der Waals surface area contributed by atoms with Gasteiger partial charge in [0.2, 0.25) is 5.91 Å². The third-order valence-electron chi connectivity index (χ3n) is 6.23. The molecule has 7 nitrogen and oxygen atoms in total. The first kappa shape index (κ1) is 25.7. The van der Waals surface area contributed by atoms with Crippen molar-refractivity contribution >= 4 is 55.7 Å². The van der Waals surface area contributed by atoms with Crippen LogP contribution in [-0.2, 0) is 14.6 Å². The highest BCUT2D eigenvalue weighted by atomic mass is 35.5. The van der Waals surface area contributed by atoms with Gasteiger partial charge in [0.15, 0.2) is 9.84 Å². The number of nitrogens with zero attached hydrogens (tertiary/aromatic N) is 2. The first-order chi connectivity index (χ1) is 16.4. The Bertz CT molecular complexity index is 1370. The molecule has 0 saturated carbocycles. The number of sulfone groups is 1. The standard InChI is InChI=1S/C23H24Cl2F2N4O3S/c1-2-35(33,34)14-5-3-13(4-6-14)15(11-18(28)32)22-29-17-12-16(24)21(19(25)20(17)30-22)31-9-7-23(26,27)8-10-31/h3-6,12,15H,2,7-11H2,1H3,(H2,28,32)(H,29,30)/t15-/m1/s1. The molecular formula is C23H24Cl2F2N4O3S. The number of amides is 1. The fourth-order valence-electron chi connectivity index (χ4n) is 4.25. The number of hydrogen-bond acceptors (Lipinski definition) is 5. The maximum absolute atomic E-state index is 13.6. The van der Waals surface area contributed by atoms with Gasteiger partial charge in [-0.25, -0.2) is 22.2 Å². The van der Waals surface area contributed by atoms with Crippen molar-refractivity contribution in [2.45, 2.75) is 42.9 Å². The lowest BCUT2D eigenvalue weighted by atomic mass is 9.95. The maximum atomic E-state index is 13.6. The second kappa shape index (κ2) is 9.55. The quantitative estimate of drug-likeness (QED) is 0.439. The summed E-state index contributed by atoms with van der Waals surface area (Å²) in [6.07, 6.45) is -0.680. The van der Waals surface area contributed by atoms with Gasteiger partial charge in [0.1, 0.15) is 11.3 Å². The predicted molar refractivity (Wildman–Crippen MR) is 132 cm³/mol. The third-order valence-corrected chi connectivity index (χ3v) is 8.63. The molecule has 0 radical (unpaired) electrons. The number of primary amides is 1. The first-order valence-electron chi connectivity index (χ1n) is 11.0. The van der Waals surface area contributed by atoms with Crippen LogP contribution >= 0.6 is 23.2 Å². The molecule has 188 valence electrons. The van der Waals surface area contributed by atoms with Crippen molar-refractivity contribution in [3.05, 3.63) is 51.8 Å². The second-order valence-electron chi connectivity index (χ2n) is 8.58. The fourth-order valence-corrected chi connectivity index (χ4v) is 5.87. The number of carbonyl (C=O) groups excluding carboxylic acids is 1. The van der Waals surface area contributed by atoms with Gasteiger partial charge in [-0.1, -0.05) is 42.3 Å². The number of halogens is 4. The molecule has 2 heterocycles. The normalized spacial score (nSPS) is 17.0. The van der Waals surface area contributed by atoms with E-state index in [1.165, 1.54) is 12.1 Å². The van der Waals surface area contributed by atoms with Gasteiger partial charge in [0.25, 0.3) is 5.92 Å². The first-order valence-corrected chi connectivity index (χ1v) is 13.4. The molecule has 1 fully saturated rings. The largest absolute Gasteiger partial charge is 0.370 e. The van der Waals surface area contributed by atoms with Crippen LogP contribution in [-0.4, -0.2) is 49.1 Å². The summed E-state index contributed by atoms with van der Waals surface area (Å²) in [6, 6.07) is 7.84. The number of rotatable bonds is 7. The summed E-state index contributed by atoms with van der Waals surface area (Å²) >= 11 is 13.1. The van der Waals surface area contributed by atoms with Gasteiger partial charge in [-0.3, -0.25) is 4.79 Å². The van der Waals surface area contributed by atoms with E-state index in [4.69, 9.17) is 28.9 Å². The Hall–Kier alpha value is -2.43. The van der Waals surface area contributed by atoms with Crippen LogP contribution in [0.5, 0.6) is 0 Å². The predicted octanol–water partition coefficient (Wildman–Crippen LogP) is 4.91. The number of piperidine rings is 1. The van der Waals surface area contributed by atoms with E-state index in [9.17, 15) is 22.0 Å². The van der Waals surface area contributed by atoms with Crippen molar-refractivity contribution in [2.24, 2.45) is 5.73 Å². The van der Waals surface area contributed by atoms with E-state index in [1.54, 1.807) is 30.0 Å². The Morgan fingerprint density at radius 1 is 1.23 bits per heavy atom. The number of fused-ring (bicyclic) bond motifs is 1. The number of carbonyl (C=O) groups is 1. The molecule has 12 heteroatoms. The minimum atomic E-state index is -3.38. The lowest BCUT2D eigenvalue weighted by molar-refractivity contribution is -0.118. The monoisotopic (exact) mass is 544 g/mol. The van der Waals surface area contributed by atoms with Gasteiger partial charge < -0.3 is 15.6 Å². The van der Waals surface area contributed by atoms with Gasteiger partial charge in [-0.15, -0.1) is 0 Å². The summed E-state index contributed by atoms with van der Waals surface area (Å²) in [5.41, 5.74) is 7.47. The molecule has 1 aromatic heterocycles. The van der Waals surface area contributed by atoms with Crippen molar-refractivity contribution in [3.63, 3.8) is 0 Å². The van der Waals surface area contributed by atoms with Crippen molar-refractivity contribution in [2.75, 3.05) is 23.7 Å². The van der Waals surface area contributed by atoms with Crippen LogP contribution in [0.3, 0.4) is 0 Å². The van der Waals surface area contributed by atoms with E-state index in [0.717, 1.165) is 0 Å². The van der Waals surface area contributed by atoms with E-state index in [-0.39, 0.29) is 48.0 Å². The summed E-state index contributed by atoms with van der Waals surface area (Å²) in [7, 11) is -3.38. The number of anilines is 1. The van der Waals surface area contributed by atoms with Crippen LogP contribution in [0.25, 0.3) is 11.0 Å². The van der Waals surface area contributed by atoms with Crippen LogP contribution in [0.1, 0.15) is 43.5 Å². The van der Waals surface area contributed by atoms with Crippen molar-refractivity contribution < 1.29 is 22.0 Å². The zero-order chi connectivity index (χ0) is 25.5. The number of benzene rings is 2. The lowest BCUT2D eigenvalue weighted by Gasteiger charge is -2.34. The van der Waals surface area contributed by atoms with Crippen LogP contribution in [0, 0.1) is 0 Å². The molecule has 1 aliphatic heterocycles. The van der Waals surface area contributed by atoms with Gasteiger partial charge in [-0.05, 0) is 23.8 Å². The number of hydrogen-bond donors (Lipinski definition) is 2. The molecule has 3 N–H and O–H groups in total. The van der Waals surface area contributed by atoms with E-state index >= 15 is 0 Å². The summed E-state index contributed by atoms with van der Waals surface area (Å²) in [5, 5.41) is 0.519. The van der Waals surface area contributed by atoms with Crippen molar-refractivity contribution in [3.8, 4) is 0 Å². The van der Waals surface area contributed by atoms with E-state index in [1.807, 2.05) is 0 Å². The number of H-pyrrole nitrogens is 1. The Balaban J connectivity index is 1.74. The molecule has 2 aromatic carbocycles. The number of aromatic amines is 1. The molecule has 0 spiro atoms. The molecule has 1 amide bonds. The highest BCUT2D eigenvalue weighted by Gasteiger charge is 2.35. The average Bonchev–Trinajstić information content (AvgIpc) is 3.22. The van der Waals surface area contributed by atoms with Crippen LogP contribution in [0.15, 0.2) is 35.2 Å². The highest BCUT2D eigenvalue weighted by molar-refractivity contribution is 7.91. The third kappa shape index (κ3) is 5.24. The average molecular weight is 545 g/mol. The molecule has 0 unspecified atom stereocenters. The molecule has 35 heavy (non-hydrogen) atoms. The van der Waals surface area contributed by atoms with Gasteiger partial charge in [0.05, 0.1) is 37.8 Å². The number of imidazole rings is 1. The second-order valence-corrected chi connectivity index (χ2v) is 11.6. The van der Waals surface area contributed by atoms with E-state index in [2.05, 4.69) is 9.97 Å². The fraction of sp³-hybridized carbons (Fsp3) is 0.391. The maximum Gasteiger partial charge on any atom is 0.251 e. The highest BCUT2D eigenvalue weighted by Crippen LogP contribution is 2.42. The smallest absolute Gasteiger partial charge is 0.251 e. The van der Waals surface area contributed by atoms with Crippen molar-refractivity contribution in [1.82, 2.24) is 9.97 Å². The SMILES string of the molecule is CCS(=O)(=O)c1ccc([C@@H](CC(N)=O)c2nc3c(Cl)c(N4CCC(F)(F)CC4)c(Cl)cc3[nH]2)cc1. The minimum absolute atomic E-state index is 0.0309. The van der Waals surface area contributed by atoms with Crippen LogP contribution in [0.4, 0.5) is 14.5 Å². The van der Waals surface area contributed by atoms with Gasteiger partial charge in [-0.2, -0.15) is 0 Å². The Labute approximate surface area is 211 Å². The summed E-state index contributed by atoms with van der Waals surface area (Å²) in [5.74, 6) is -3.51. The number of nitrogens with two attached hydrogens (primary N) is 1. The van der Waals surface area contributed by atoms with Crippen molar-refractivity contribution in [1.29, 1.82) is 0 Å². The van der Waals surface area contributed by atoms with E-state index < -0.39 is 27.6 Å². The number of alkyl halides is 2. The Kier molecular flexibility index (Phi) is 7.00.